The number of carbonyl (C=O) groups excluding carboxylic acids is 1. The van der Waals surface area contributed by atoms with E-state index in [2.05, 4.69) is 67.7 Å². The van der Waals surface area contributed by atoms with Crippen LogP contribution in [-0.4, -0.2) is 5.78 Å². The highest BCUT2D eigenvalue weighted by atomic mass is 16.1. The maximum Gasteiger partial charge on any atom is 0.129 e. The van der Waals surface area contributed by atoms with Crippen molar-refractivity contribution in [1.29, 1.82) is 0 Å². The lowest BCUT2D eigenvalue weighted by Gasteiger charge is -1.90. The molecule has 122 valence electrons. The molecule has 0 aromatic carbocycles. The van der Waals surface area contributed by atoms with Crippen LogP contribution in [0.1, 0.15) is 65.2 Å². The van der Waals surface area contributed by atoms with Crippen LogP contribution in [-0.2, 0) is 4.79 Å². The van der Waals surface area contributed by atoms with Crippen molar-refractivity contribution >= 4 is 5.78 Å². The predicted octanol–water partition coefficient (Wildman–Crippen LogP) is 6.50. The van der Waals surface area contributed by atoms with Crippen molar-refractivity contribution in [2.45, 2.75) is 65.2 Å². The van der Waals surface area contributed by atoms with Crippen LogP contribution in [0.15, 0.2) is 60.8 Å². The monoisotopic (exact) mass is 300 g/mol. The number of ketones is 1. The van der Waals surface area contributed by atoms with E-state index in [0.717, 1.165) is 44.9 Å². The number of rotatable bonds is 13. The van der Waals surface area contributed by atoms with Gasteiger partial charge in [-0.1, -0.05) is 67.7 Å². The van der Waals surface area contributed by atoms with E-state index >= 15 is 0 Å². The standard InChI is InChI=1S/C21H32O/c1-3-4-5-6-7-8-9-10-11-12-13-14-15-16-17-18-19-20-21(2)22/h4-5,7-8,10-11,13-14,16-17H,3,6,9,12,15,18-20H2,1-2H3/b5-4-,8-7-,11-10-,14-13-,17-16-. The summed E-state index contributed by atoms with van der Waals surface area (Å²) in [5, 5.41) is 0. The summed E-state index contributed by atoms with van der Waals surface area (Å²) in [5.41, 5.74) is 0. The highest BCUT2D eigenvalue weighted by Gasteiger charge is 1.89. The van der Waals surface area contributed by atoms with Crippen molar-refractivity contribution in [2.24, 2.45) is 0 Å². The lowest BCUT2D eigenvalue weighted by atomic mass is 10.2. The smallest absolute Gasteiger partial charge is 0.129 e. The molecule has 0 N–H and O–H groups in total. The number of hydrogen-bond donors (Lipinski definition) is 0. The van der Waals surface area contributed by atoms with E-state index in [4.69, 9.17) is 0 Å². The summed E-state index contributed by atoms with van der Waals surface area (Å²) < 4.78 is 0. The number of hydrogen-bond acceptors (Lipinski definition) is 1. The average molecular weight is 300 g/mol. The zero-order valence-electron chi connectivity index (χ0n) is 14.3. The molecule has 0 fully saturated rings. The molecule has 0 aromatic heterocycles. The van der Waals surface area contributed by atoms with Gasteiger partial charge in [0.05, 0.1) is 0 Å². The van der Waals surface area contributed by atoms with Gasteiger partial charge in [-0.2, -0.15) is 0 Å². The molecule has 0 rings (SSSR count). The third-order valence-corrected chi connectivity index (χ3v) is 3.06. The van der Waals surface area contributed by atoms with Gasteiger partial charge in [0.25, 0.3) is 0 Å². The molecule has 0 unspecified atom stereocenters. The molecule has 22 heavy (non-hydrogen) atoms. The summed E-state index contributed by atoms with van der Waals surface area (Å²) in [6, 6.07) is 0. The quantitative estimate of drug-likeness (QED) is 0.280. The van der Waals surface area contributed by atoms with E-state index in [1.165, 1.54) is 0 Å². The third-order valence-electron chi connectivity index (χ3n) is 3.06. The Bertz CT molecular complexity index is 394. The first-order valence-electron chi connectivity index (χ1n) is 8.51. The van der Waals surface area contributed by atoms with Gasteiger partial charge in [-0.3, -0.25) is 0 Å². The maximum absolute atomic E-state index is 10.8. The van der Waals surface area contributed by atoms with Crippen LogP contribution in [0, 0.1) is 0 Å². The van der Waals surface area contributed by atoms with E-state index in [-0.39, 0.29) is 5.78 Å². The molecule has 0 radical (unpaired) electrons. The van der Waals surface area contributed by atoms with Crippen LogP contribution in [0.4, 0.5) is 0 Å². The minimum absolute atomic E-state index is 0.285. The lowest BCUT2D eigenvalue weighted by Crippen LogP contribution is -1.87. The van der Waals surface area contributed by atoms with Crippen LogP contribution in [0.2, 0.25) is 0 Å². The van der Waals surface area contributed by atoms with Gasteiger partial charge in [0.1, 0.15) is 5.78 Å². The second-order valence-corrected chi connectivity index (χ2v) is 5.30. The Balaban J connectivity index is 3.46. The summed E-state index contributed by atoms with van der Waals surface area (Å²) in [5.74, 6) is 0.285. The van der Waals surface area contributed by atoms with Crippen molar-refractivity contribution in [1.82, 2.24) is 0 Å². The topological polar surface area (TPSA) is 17.1 Å². The fourth-order valence-electron chi connectivity index (χ4n) is 1.84. The van der Waals surface area contributed by atoms with E-state index in [1.54, 1.807) is 6.92 Å². The van der Waals surface area contributed by atoms with Gasteiger partial charge >= 0.3 is 0 Å². The fraction of sp³-hybridized carbons (Fsp3) is 0.476. The van der Waals surface area contributed by atoms with Crippen molar-refractivity contribution in [3.05, 3.63) is 60.8 Å². The van der Waals surface area contributed by atoms with E-state index in [1.807, 2.05) is 0 Å². The Morgan fingerprint density at radius 1 is 0.682 bits per heavy atom. The number of unbranched alkanes of at least 4 members (excludes halogenated alkanes) is 1. The van der Waals surface area contributed by atoms with E-state index < -0.39 is 0 Å². The largest absolute Gasteiger partial charge is 0.300 e. The maximum atomic E-state index is 10.8. The van der Waals surface area contributed by atoms with Gasteiger partial charge in [0.2, 0.25) is 0 Å². The van der Waals surface area contributed by atoms with Crippen molar-refractivity contribution in [2.75, 3.05) is 0 Å². The zero-order valence-corrected chi connectivity index (χ0v) is 14.3. The molecule has 0 aromatic rings. The average Bonchev–Trinajstić information content (AvgIpc) is 2.50. The van der Waals surface area contributed by atoms with Crippen LogP contribution in [0.25, 0.3) is 0 Å². The molecule has 0 aliphatic rings. The van der Waals surface area contributed by atoms with E-state index in [0.29, 0.717) is 6.42 Å². The van der Waals surface area contributed by atoms with Gasteiger partial charge in [-0.05, 0) is 51.9 Å². The van der Waals surface area contributed by atoms with Crippen molar-refractivity contribution < 1.29 is 4.79 Å². The molecular formula is C21H32O. The van der Waals surface area contributed by atoms with Crippen molar-refractivity contribution in [3.63, 3.8) is 0 Å². The summed E-state index contributed by atoms with van der Waals surface area (Å²) >= 11 is 0. The predicted molar refractivity (Wildman–Crippen MR) is 99.0 cm³/mol. The number of Topliss-reactive ketones (excluding diaryl/α,β-unsaturated/α-hetero) is 1. The van der Waals surface area contributed by atoms with E-state index in [9.17, 15) is 4.79 Å². The molecule has 0 bridgehead atoms. The molecule has 0 heterocycles. The first kappa shape index (κ1) is 20.4. The van der Waals surface area contributed by atoms with Gasteiger partial charge in [0.15, 0.2) is 0 Å². The molecule has 0 amide bonds. The Kier molecular flexibility index (Phi) is 16.1. The zero-order chi connectivity index (χ0) is 16.3. The van der Waals surface area contributed by atoms with Gasteiger partial charge in [0, 0.05) is 6.42 Å². The van der Waals surface area contributed by atoms with Crippen LogP contribution >= 0.6 is 0 Å². The molecular weight excluding hydrogens is 268 g/mol. The summed E-state index contributed by atoms with van der Waals surface area (Å²) in [6.45, 7) is 3.81. The minimum Gasteiger partial charge on any atom is -0.300 e. The molecule has 0 saturated carbocycles. The highest BCUT2D eigenvalue weighted by molar-refractivity contribution is 5.75. The number of carbonyl (C=O) groups is 1. The van der Waals surface area contributed by atoms with Crippen LogP contribution in [0.3, 0.4) is 0 Å². The van der Waals surface area contributed by atoms with Crippen molar-refractivity contribution in [3.8, 4) is 0 Å². The molecule has 0 atom stereocenters. The Morgan fingerprint density at radius 3 is 1.50 bits per heavy atom. The summed E-state index contributed by atoms with van der Waals surface area (Å²) in [7, 11) is 0. The second-order valence-electron chi connectivity index (χ2n) is 5.30. The van der Waals surface area contributed by atoms with Gasteiger partial charge < -0.3 is 4.79 Å². The molecule has 0 aliphatic heterocycles. The molecule has 1 nitrogen and oxygen atoms in total. The van der Waals surface area contributed by atoms with Gasteiger partial charge in [-0.15, -0.1) is 0 Å². The summed E-state index contributed by atoms with van der Waals surface area (Å²) in [6.07, 6.45) is 29.8. The Hall–Kier alpha value is -1.63. The molecule has 0 saturated heterocycles. The SMILES string of the molecule is CC/C=C\C/C=C\C/C=C\C/C=C\C/C=C\CCCC(C)=O. The second kappa shape index (κ2) is 17.4. The van der Waals surface area contributed by atoms with Crippen LogP contribution < -0.4 is 0 Å². The lowest BCUT2D eigenvalue weighted by molar-refractivity contribution is -0.117. The normalized spacial score (nSPS) is 12.8. The summed E-state index contributed by atoms with van der Waals surface area (Å²) in [4.78, 5) is 10.8. The fourth-order valence-corrected chi connectivity index (χ4v) is 1.84. The Morgan fingerprint density at radius 2 is 1.09 bits per heavy atom. The molecule has 1 heteroatoms. The van der Waals surface area contributed by atoms with Crippen LogP contribution in [0.5, 0.6) is 0 Å². The third kappa shape index (κ3) is 18.4. The first-order chi connectivity index (χ1) is 10.8. The molecule has 0 spiro atoms. The molecule has 0 aliphatic carbocycles. The first-order valence-corrected chi connectivity index (χ1v) is 8.51. The minimum atomic E-state index is 0.285. The number of allylic oxidation sites excluding steroid dienone is 10. The Labute approximate surface area is 137 Å². The van der Waals surface area contributed by atoms with Gasteiger partial charge in [-0.25, -0.2) is 0 Å². The highest BCUT2D eigenvalue weighted by Crippen LogP contribution is 1.99.